The van der Waals surface area contributed by atoms with Crippen molar-refractivity contribution in [2.24, 2.45) is 0 Å². The zero-order chi connectivity index (χ0) is 15.5. The number of hydrogen-bond acceptors (Lipinski definition) is 3. The minimum Gasteiger partial charge on any atom is -0.452 e. The molecule has 22 heavy (non-hydrogen) atoms. The lowest BCUT2D eigenvalue weighted by Gasteiger charge is -1.96. The van der Waals surface area contributed by atoms with Crippen LogP contribution in [0.2, 0.25) is 0 Å². The Kier molecular flexibility index (Phi) is 3.88. The molecular formula is C19H17NO2. The molecule has 0 atom stereocenters. The molecule has 0 bridgehead atoms. The largest absolute Gasteiger partial charge is 0.452 e. The summed E-state index contributed by atoms with van der Waals surface area (Å²) in [5.41, 5.74) is 3.79. The van der Waals surface area contributed by atoms with Crippen LogP contribution in [0.1, 0.15) is 34.2 Å². The van der Waals surface area contributed by atoms with Gasteiger partial charge in [0.1, 0.15) is 5.58 Å². The van der Waals surface area contributed by atoms with Gasteiger partial charge < -0.3 is 4.42 Å². The van der Waals surface area contributed by atoms with Gasteiger partial charge in [0.2, 0.25) is 5.78 Å². The van der Waals surface area contributed by atoms with Crippen LogP contribution in [0.4, 0.5) is 0 Å². The average molecular weight is 291 g/mol. The number of furan rings is 1. The van der Waals surface area contributed by atoms with Gasteiger partial charge in [-0.15, -0.1) is 0 Å². The smallest absolute Gasteiger partial charge is 0.221 e. The van der Waals surface area contributed by atoms with Gasteiger partial charge in [-0.25, -0.2) is 0 Å². The fraction of sp³-hybridized carbons (Fsp3) is 0.158. The number of hydrogen-bond donors (Lipinski definition) is 0. The molecule has 3 heteroatoms. The summed E-state index contributed by atoms with van der Waals surface area (Å²) in [6.07, 6.45) is 7.48. The molecule has 0 unspecified atom stereocenters. The van der Waals surface area contributed by atoms with Crippen LogP contribution in [0, 0.1) is 6.92 Å². The first kappa shape index (κ1) is 14.3. The van der Waals surface area contributed by atoms with Gasteiger partial charge in [-0.1, -0.05) is 24.6 Å². The van der Waals surface area contributed by atoms with Crippen LogP contribution in [0.5, 0.6) is 0 Å². The van der Waals surface area contributed by atoms with Crippen LogP contribution in [0.15, 0.2) is 53.2 Å². The normalized spacial score (nSPS) is 11.4. The number of pyridine rings is 1. The van der Waals surface area contributed by atoms with E-state index in [1.54, 1.807) is 24.5 Å². The zero-order valence-electron chi connectivity index (χ0n) is 12.7. The number of nitrogens with zero attached hydrogens (tertiary/aromatic N) is 1. The van der Waals surface area contributed by atoms with Gasteiger partial charge in [-0.05, 0) is 49.3 Å². The fourth-order valence-electron chi connectivity index (χ4n) is 2.53. The summed E-state index contributed by atoms with van der Waals surface area (Å²) in [5.74, 6) is 0.317. The van der Waals surface area contributed by atoms with Gasteiger partial charge in [-0.2, -0.15) is 0 Å². The number of aromatic nitrogens is 1. The van der Waals surface area contributed by atoms with Gasteiger partial charge >= 0.3 is 0 Å². The molecule has 3 aromatic rings. The minimum absolute atomic E-state index is 0.116. The van der Waals surface area contributed by atoms with Crippen molar-refractivity contribution >= 4 is 22.8 Å². The Bertz CT molecular complexity index is 845. The first-order valence-electron chi connectivity index (χ1n) is 7.33. The Morgan fingerprint density at radius 2 is 2.18 bits per heavy atom. The lowest BCUT2D eigenvalue weighted by molar-refractivity contribution is 0.102. The lowest BCUT2D eigenvalue weighted by Crippen LogP contribution is -1.96. The standard InChI is InChI=1S/C19H17NO2/c1-3-15-16-11-13(2)6-9-18(16)22-19(15)17(21)8-7-14-5-4-10-20-12-14/h4-12H,3H2,1-2H3. The predicted octanol–water partition coefficient (Wildman–Crippen LogP) is 4.59. The Morgan fingerprint density at radius 1 is 1.32 bits per heavy atom. The van der Waals surface area contributed by atoms with Crippen molar-refractivity contribution in [3.8, 4) is 0 Å². The molecule has 3 nitrogen and oxygen atoms in total. The molecule has 0 amide bonds. The second kappa shape index (κ2) is 5.98. The van der Waals surface area contributed by atoms with Crippen LogP contribution in [-0.4, -0.2) is 10.8 Å². The molecule has 0 fully saturated rings. The monoisotopic (exact) mass is 291 g/mol. The number of rotatable bonds is 4. The van der Waals surface area contributed by atoms with E-state index in [-0.39, 0.29) is 5.78 Å². The van der Waals surface area contributed by atoms with Crippen molar-refractivity contribution in [2.45, 2.75) is 20.3 Å². The van der Waals surface area contributed by atoms with E-state index in [9.17, 15) is 4.79 Å². The number of fused-ring (bicyclic) bond motifs is 1. The van der Waals surface area contributed by atoms with E-state index in [1.807, 2.05) is 38.1 Å². The highest BCUT2D eigenvalue weighted by atomic mass is 16.3. The summed E-state index contributed by atoms with van der Waals surface area (Å²) in [6, 6.07) is 9.72. The van der Waals surface area contributed by atoms with Crippen LogP contribution in [0.3, 0.4) is 0 Å². The van der Waals surface area contributed by atoms with Crippen molar-refractivity contribution in [2.75, 3.05) is 0 Å². The molecule has 3 rings (SSSR count). The third-order valence-electron chi connectivity index (χ3n) is 3.64. The van der Waals surface area contributed by atoms with E-state index >= 15 is 0 Å². The number of ketones is 1. The third-order valence-corrected chi connectivity index (χ3v) is 3.64. The van der Waals surface area contributed by atoms with Gasteiger partial charge in [0.05, 0.1) is 0 Å². The van der Waals surface area contributed by atoms with Gasteiger partial charge in [0.25, 0.3) is 0 Å². The van der Waals surface area contributed by atoms with E-state index in [0.29, 0.717) is 5.76 Å². The Balaban J connectivity index is 1.99. The molecule has 1 aromatic carbocycles. The number of aryl methyl sites for hydroxylation is 2. The van der Waals surface area contributed by atoms with Crippen molar-refractivity contribution in [3.63, 3.8) is 0 Å². The van der Waals surface area contributed by atoms with Gasteiger partial charge in [0.15, 0.2) is 5.76 Å². The summed E-state index contributed by atoms with van der Waals surface area (Å²) < 4.78 is 5.78. The Labute approximate surface area is 129 Å². The SMILES string of the molecule is CCc1c(C(=O)C=Cc2cccnc2)oc2ccc(C)cc12. The maximum absolute atomic E-state index is 12.5. The average Bonchev–Trinajstić information content (AvgIpc) is 2.91. The van der Waals surface area contributed by atoms with E-state index in [0.717, 1.165) is 34.1 Å². The summed E-state index contributed by atoms with van der Waals surface area (Å²) in [5, 5.41) is 1.03. The fourth-order valence-corrected chi connectivity index (χ4v) is 2.53. The van der Waals surface area contributed by atoms with Crippen LogP contribution in [0.25, 0.3) is 17.0 Å². The molecule has 0 saturated heterocycles. The quantitative estimate of drug-likeness (QED) is 0.521. The number of carbonyl (C=O) groups is 1. The van der Waals surface area contributed by atoms with Crippen molar-refractivity contribution in [1.29, 1.82) is 0 Å². The maximum Gasteiger partial charge on any atom is 0.221 e. The lowest BCUT2D eigenvalue weighted by atomic mass is 10.0. The van der Waals surface area contributed by atoms with E-state index in [1.165, 1.54) is 0 Å². The summed E-state index contributed by atoms with van der Waals surface area (Å²) >= 11 is 0. The van der Waals surface area contributed by atoms with Crippen LogP contribution in [-0.2, 0) is 6.42 Å². The summed E-state index contributed by atoms with van der Waals surface area (Å²) in [7, 11) is 0. The van der Waals surface area contributed by atoms with Crippen LogP contribution < -0.4 is 0 Å². The van der Waals surface area contributed by atoms with Crippen molar-refractivity contribution in [3.05, 3.63) is 71.3 Å². The number of carbonyl (C=O) groups excluding carboxylic acids is 1. The molecule has 0 saturated carbocycles. The van der Waals surface area contributed by atoms with E-state index < -0.39 is 0 Å². The first-order chi connectivity index (χ1) is 10.7. The molecule has 110 valence electrons. The topological polar surface area (TPSA) is 43.1 Å². The molecule has 2 heterocycles. The van der Waals surface area contributed by atoms with Crippen LogP contribution >= 0.6 is 0 Å². The number of allylic oxidation sites excluding steroid dienone is 1. The molecule has 0 N–H and O–H groups in total. The highest BCUT2D eigenvalue weighted by Gasteiger charge is 2.17. The molecule has 0 aliphatic heterocycles. The molecule has 0 spiro atoms. The second-order valence-electron chi connectivity index (χ2n) is 5.25. The zero-order valence-corrected chi connectivity index (χ0v) is 12.7. The molecule has 0 aliphatic carbocycles. The maximum atomic E-state index is 12.5. The predicted molar refractivity (Wildman–Crippen MR) is 87.9 cm³/mol. The summed E-state index contributed by atoms with van der Waals surface area (Å²) in [6.45, 7) is 4.07. The second-order valence-corrected chi connectivity index (χ2v) is 5.25. The molecule has 0 aliphatic rings. The molecular weight excluding hydrogens is 274 g/mol. The molecule has 0 radical (unpaired) electrons. The van der Waals surface area contributed by atoms with E-state index in [2.05, 4.69) is 11.1 Å². The van der Waals surface area contributed by atoms with Crippen molar-refractivity contribution < 1.29 is 9.21 Å². The highest BCUT2D eigenvalue weighted by Crippen LogP contribution is 2.28. The minimum atomic E-state index is -0.116. The van der Waals surface area contributed by atoms with Gasteiger partial charge in [-0.3, -0.25) is 9.78 Å². The first-order valence-corrected chi connectivity index (χ1v) is 7.33. The number of benzene rings is 1. The molecule has 2 aromatic heterocycles. The van der Waals surface area contributed by atoms with Gasteiger partial charge in [0, 0.05) is 23.3 Å². The van der Waals surface area contributed by atoms with Crippen molar-refractivity contribution in [1.82, 2.24) is 4.98 Å². The third kappa shape index (κ3) is 2.70. The Morgan fingerprint density at radius 3 is 2.91 bits per heavy atom. The highest BCUT2D eigenvalue weighted by molar-refractivity contribution is 6.08. The Hall–Kier alpha value is -2.68. The van der Waals surface area contributed by atoms with E-state index in [4.69, 9.17) is 4.42 Å². The summed E-state index contributed by atoms with van der Waals surface area (Å²) in [4.78, 5) is 16.5.